The van der Waals surface area contributed by atoms with E-state index < -0.39 is 5.60 Å². The largest absolute Gasteiger partial charge is 0.361 e. The molecule has 2 aliphatic heterocycles. The molecule has 2 heterocycles. The summed E-state index contributed by atoms with van der Waals surface area (Å²) < 4.78 is 19.6. The van der Waals surface area contributed by atoms with Crippen LogP contribution in [0.5, 0.6) is 0 Å². The van der Waals surface area contributed by atoms with E-state index in [2.05, 4.69) is 0 Å². The molecule has 2 fully saturated rings. The Bertz CT molecular complexity index is 916. The second-order valence-corrected chi connectivity index (χ2v) is 7.63. The predicted molar refractivity (Wildman–Crippen MR) is 104 cm³/mol. The topological polar surface area (TPSA) is 49.9 Å². The van der Waals surface area contributed by atoms with Gasteiger partial charge < -0.3 is 14.5 Å². The summed E-state index contributed by atoms with van der Waals surface area (Å²) in [4.78, 5) is 28.8. The number of halogens is 1. The normalized spacial score (nSPS) is 22.6. The van der Waals surface area contributed by atoms with E-state index in [1.54, 1.807) is 21.9 Å². The minimum atomic E-state index is -0.627. The summed E-state index contributed by atoms with van der Waals surface area (Å²) in [6.45, 7) is 3.28. The number of carbonyl (C=O) groups is 2. The lowest BCUT2D eigenvalue weighted by molar-refractivity contribution is -0.144. The number of benzene rings is 2. The van der Waals surface area contributed by atoms with Gasteiger partial charge in [-0.1, -0.05) is 23.8 Å². The molecule has 28 heavy (non-hydrogen) atoms. The molecule has 1 spiro atoms. The Labute approximate surface area is 163 Å². The average Bonchev–Trinajstić information content (AvgIpc) is 2.70. The van der Waals surface area contributed by atoms with E-state index in [9.17, 15) is 14.0 Å². The molecule has 2 aromatic rings. The van der Waals surface area contributed by atoms with Gasteiger partial charge in [0.15, 0.2) is 0 Å². The predicted octanol–water partition coefficient (Wildman–Crippen LogP) is 3.17. The fraction of sp³-hybridized carbons (Fsp3) is 0.364. The Morgan fingerprint density at radius 1 is 1.14 bits per heavy atom. The molecule has 2 saturated heterocycles. The molecule has 0 N–H and O–H groups in total. The van der Waals surface area contributed by atoms with Crippen LogP contribution in [0.15, 0.2) is 48.5 Å². The fourth-order valence-corrected chi connectivity index (χ4v) is 4.07. The van der Waals surface area contributed by atoms with Crippen LogP contribution in [0, 0.1) is 12.7 Å². The zero-order valence-electron chi connectivity index (χ0n) is 15.9. The molecular formula is C22H23FN2O3. The van der Waals surface area contributed by atoms with E-state index in [-0.39, 0.29) is 24.2 Å². The van der Waals surface area contributed by atoms with Crippen molar-refractivity contribution in [3.63, 3.8) is 0 Å². The molecule has 0 bridgehead atoms. The standard InChI is InChI=1S/C22H23FN2O3/c1-16-5-2-6-17(11-16)21(27)24-10-4-9-22(14-24)15-25(20(26)13-28-22)19-8-3-7-18(23)12-19/h2-3,5-8,11-12H,4,9-10,13-15H2,1H3. The third-order valence-electron chi connectivity index (χ3n) is 5.46. The maximum absolute atomic E-state index is 13.6. The molecule has 4 rings (SSSR count). The van der Waals surface area contributed by atoms with Crippen LogP contribution in [-0.2, 0) is 9.53 Å². The summed E-state index contributed by atoms with van der Waals surface area (Å²) in [6, 6.07) is 13.6. The number of morpholine rings is 1. The maximum atomic E-state index is 13.6. The first-order valence-electron chi connectivity index (χ1n) is 9.52. The van der Waals surface area contributed by atoms with Gasteiger partial charge in [-0.25, -0.2) is 4.39 Å². The van der Waals surface area contributed by atoms with Crippen LogP contribution in [0.25, 0.3) is 0 Å². The SMILES string of the molecule is Cc1cccc(C(=O)N2CCCC3(C2)CN(c2cccc(F)c2)C(=O)CO3)c1. The first-order valence-corrected chi connectivity index (χ1v) is 9.52. The van der Waals surface area contributed by atoms with Crippen LogP contribution >= 0.6 is 0 Å². The third-order valence-corrected chi connectivity index (χ3v) is 5.46. The summed E-state index contributed by atoms with van der Waals surface area (Å²) in [5.41, 5.74) is 1.59. The highest BCUT2D eigenvalue weighted by Gasteiger charge is 2.44. The first-order chi connectivity index (χ1) is 13.5. The van der Waals surface area contributed by atoms with Crippen molar-refractivity contribution in [3.8, 4) is 0 Å². The van der Waals surface area contributed by atoms with Crippen LogP contribution in [0.3, 0.4) is 0 Å². The number of rotatable bonds is 2. The van der Waals surface area contributed by atoms with Crippen molar-refractivity contribution in [2.24, 2.45) is 0 Å². The Morgan fingerprint density at radius 3 is 2.75 bits per heavy atom. The number of likely N-dealkylation sites (tertiary alicyclic amines) is 1. The van der Waals surface area contributed by atoms with Gasteiger partial charge in [-0.15, -0.1) is 0 Å². The monoisotopic (exact) mass is 382 g/mol. The molecule has 0 radical (unpaired) electrons. The molecule has 2 aliphatic rings. The molecular weight excluding hydrogens is 359 g/mol. The number of amides is 2. The second kappa shape index (κ2) is 7.36. The minimum Gasteiger partial charge on any atom is -0.361 e. The van der Waals surface area contributed by atoms with Crippen LogP contribution in [0.4, 0.5) is 10.1 Å². The first kappa shape index (κ1) is 18.6. The van der Waals surface area contributed by atoms with E-state index in [4.69, 9.17) is 4.74 Å². The van der Waals surface area contributed by atoms with Gasteiger partial charge in [0.1, 0.15) is 18.0 Å². The lowest BCUT2D eigenvalue weighted by Gasteiger charge is -2.47. The summed E-state index contributed by atoms with van der Waals surface area (Å²) in [5.74, 6) is -0.607. The highest BCUT2D eigenvalue weighted by atomic mass is 19.1. The highest BCUT2D eigenvalue weighted by Crippen LogP contribution is 2.32. The number of hydrogen-bond acceptors (Lipinski definition) is 3. The quantitative estimate of drug-likeness (QED) is 0.802. The Balaban J connectivity index is 1.55. The van der Waals surface area contributed by atoms with Crippen LogP contribution in [-0.4, -0.2) is 48.6 Å². The second-order valence-electron chi connectivity index (χ2n) is 7.63. The van der Waals surface area contributed by atoms with E-state index >= 15 is 0 Å². The molecule has 0 aromatic heterocycles. The molecule has 2 amide bonds. The Kier molecular flexibility index (Phi) is 4.89. The smallest absolute Gasteiger partial charge is 0.253 e. The number of piperidine rings is 1. The minimum absolute atomic E-state index is 0.0272. The van der Waals surface area contributed by atoms with Gasteiger partial charge in [0.25, 0.3) is 11.8 Å². The van der Waals surface area contributed by atoms with Gasteiger partial charge in [-0.2, -0.15) is 0 Å². The summed E-state index contributed by atoms with van der Waals surface area (Å²) in [7, 11) is 0. The van der Waals surface area contributed by atoms with Crippen LogP contribution < -0.4 is 4.90 Å². The molecule has 0 aliphatic carbocycles. The average molecular weight is 382 g/mol. The molecule has 2 aromatic carbocycles. The summed E-state index contributed by atoms with van der Waals surface area (Å²) >= 11 is 0. The third kappa shape index (κ3) is 3.64. The number of nitrogens with zero attached hydrogens (tertiary/aromatic N) is 2. The molecule has 1 atom stereocenters. The van der Waals surface area contributed by atoms with E-state index in [0.29, 0.717) is 30.9 Å². The maximum Gasteiger partial charge on any atom is 0.253 e. The van der Waals surface area contributed by atoms with Crippen molar-refractivity contribution in [3.05, 3.63) is 65.5 Å². The fourth-order valence-electron chi connectivity index (χ4n) is 4.07. The van der Waals surface area contributed by atoms with Crippen molar-refractivity contribution < 1.29 is 18.7 Å². The lowest BCUT2D eigenvalue weighted by Crippen LogP contribution is -2.62. The van der Waals surface area contributed by atoms with Crippen molar-refractivity contribution in [1.82, 2.24) is 4.90 Å². The van der Waals surface area contributed by atoms with E-state index in [1.807, 2.05) is 31.2 Å². The number of ether oxygens (including phenoxy) is 1. The lowest BCUT2D eigenvalue weighted by atomic mass is 9.90. The van der Waals surface area contributed by atoms with Crippen LogP contribution in [0.1, 0.15) is 28.8 Å². The number of anilines is 1. The van der Waals surface area contributed by atoms with E-state index in [1.165, 1.54) is 12.1 Å². The van der Waals surface area contributed by atoms with E-state index in [0.717, 1.165) is 18.4 Å². The Hall–Kier alpha value is -2.73. The van der Waals surface area contributed by atoms with Gasteiger partial charge in [0.2, 0.25) is 0 Å². The van der Waals surface area contributed by atoms with Gasteiger partial charge in [0.05, 0.1) is 13.1 Å². The van der Waals surface area contributed by atoms with Crippen molar-refractivity contribution in [2.75, 3.05) is 31.1 Å². The summed E-state index contributed by atoms with van der Waals surface area (Å²) in [6.07, 6.45) is 1.55. The van der Waals surface area contributed by atoms with Crippen LogP contribution in [0.2, 0.25) is 0 Å². The molecule has 5 nitrogen and oxygen atoms in total. The van der Waals surface area contributed by atoms with Crippen molar-refractivity contribution in [1.29, 1.82) is 0 Å². The van der Waals surface area contributed by atoms with Gasteiger partial charge in [0, 0.05) is 17.8 Å². The van der Waals surface area contributed by atoms with Crippen molar-refractivity contribution in [2.45, 2.75) is 25.4 Å². The highest BCUT2D eigenvalue weighted by molar-refractivity contribution is 5.96. The van der Waals surface area contributed by atoms with Gasteiger partial charge >= 0.3 is 0 Å². The van der Waals surface area contributed by atoms with Gasteiger partial charge in [-0.05, 0) is 50.1 Å². The number of carbonyl (C=O) groups excluding carboxylic acids is 2. The van der Waals surface area contributed by atoms with Gasteiger partial charge in [-0.3, -0.25) is 9.59 Å². The molecule has 6 heteroatoms. The van der Waals surface area contributed by atoms with Crippen molar-refractivity contribution >= 4 is 17.5 Å². The molecule has 146 valence electrons. The zero-order valence-corrected chi connectivity index (χ0v) is 15.9. The number of hydrogen-bond donors (Lipinski definition) is 0. The molecule has 1 unspecified atom stereocenters. The zero-order chi connectivity index (χ0) is 19.7. The number of aryl methyl sites for hydroxylation is 1. The molecule has 0 saturated carbocycles. The summed E-state index contributed by atoms with van der Waals surface area (Å²) in [5, 5.41) is 0. The Morgan fingerprint density at radius 2 is 1.96 bits per heavy atom.